The van der Waals surface area contributed by atoms with Crippen molar-refractivity contribution in [3.63, 3.8) is 0 Å². The van der Waals surface area contributed by atoms with Crippen LogP contribution in [0.1, 0.15) is 45.6 Å². The van der Waals surface area contributed by atoms with Crippen molar-refractivity contribution in [2.75, 3.05) is 7.05 Å². The van der Waals surface area contributed by atoms with Gasteiger partial charge in [-0.2, -0.15) is 0 Å². The molecular formula is C18H27BrFN. The quantitative estimate of drug-likeness (QED) is 0.784. The minimum absolute atomic E-state index is 0.155. The average Bonchev–Trinajstić information content (AvgIpc) is 2.36. The van der Waals surface area contributed by atoms with Gasteiger partial charge in [0.1, 0.15) is 5.82 Å². The van der Waals surface area contributed by atoms with Crippen LogP contribution in [0.15, 0.2) is 22.7 Å². The smallest absolute Gasteiger partial charge is 0.124 e. The third kappa shape index (κ3) is 4.29. The molecule has 1 N–H and O–H groups in total. The van der Waals surface area contributed by atoms with Crippen LogP contribution in [0.5, 0.6) is 0 Å². The summed E-state index contributed by atoms with van der Waals surface area (Å²) >= 11 is 3.40. The van der Waals surface area contributed by atoms with E-state index in [2.05, 4.69) is 49.1 Å². The SMILES string of the molecule is CNC1CC(C)CCC1C(C)(C)Cc1cc(F)cc(Br)c1. The maximum Gasteiger partial charge on any atom is 0.124 e. The predicted octanol–water partition coefficient (Wildman–Crippen LogP) is 5.18. The molecule has 118 valence electrons. The highest BCUT2D eigenvalue weighted by Gasteiger charge is 2.38. The number of benzene rings is 1. The zero-order valence-corrected chi connectivity index (χ0v) is 15.1. The Hall–Kier alpha value is -0.410. The maximum atomic E-state index is 13.6. The van der Waals surface area contributed by atoms with Gasteiger partial charge in [0.25, 0.3) is 0 Å². The number of nitrogens with one attached hydrogen (secondary N) is 1. The summed E-state index contributed by atoms with van der Waals surface area (Å²) in [7, 11) is 2.07. The largest absolute Gasteiger partial charge is 0.317 e. The molecule has 21 heavy (non-hydrogen) atoms. The monoisotopic (exact) mass is 355 g/mol. The van der Waals surface area contributed by atoms with Crippen LogP contribution in [0, 0.1) is 23.1 Å². The van der Waals surface area contributed by atoms with E-state index in [1.807, 2.05) is 6.07 Å². The third-order valence-electron chi connectivity index (χ3n) is 5.07. The Morgan fingerprint density at radius 2 is 2.00 bits per heavy atom. The summed E-state index contributed by atoms with van der Waals surface area (Å²) in [6.45, 7) is 7.00. The van der Waals surface area contributed by atoms with E-state index in [-0.39, 0.29) is 11.2 Å². The zero-order chi connectivity index (χ0) is 15.6. The molecule has 0 bridgehead atoms. The highest BCUT2D eigenvalue weighted by molar-refractivity contribution is 9.10. The molecule has 0 heterocycles. The van der Waals surface area contributed by atoms with Gasteiger partial charge in [0, 0.05) is 10.5 Å². The lowest BCUT2D eigenvalue weighted by Gasteiger charge is -2.44. The molecule has 1 aromatic rings. The topological polar surface area (TPSA) is 12.0 Å². The fourth-order valence-electron chi connectivity index (χ4n) is 4.01. The zero-order valence-electron chi connectivity index (χ0n) is 13.5. The summed E-state index contributed by atoms with van der Waals surface area (Å²) in [6.07, 6.45) is 4.73. The van der Waals surface area contributed by atoms with Gasteiger partial charge in [-0.15, -0.1) is 0 Å². The molecule has 1 saturated carbocycles. The van der Waals surface area contributed by atoms with Crippen LogP contribution in [0.2, 0.25) is 0 Å². The van der Waals surface area contributed by atoms with Crippen LogP contribution in [-0.4, -0.2) is 13.1 Å². The van der Waals surface area contributed by atoms with Gasteiger partial charge in [0.15, 0.2) is 0 Å². The van der Waals surface area contributed by atoms with Crippen LogP contribution in [0.3, 0.4) is 0 Å². The second kappa shape index (κ2) is 6.78. The second-order valence-electron chi connectivity index (χ2n) is 7.36. The molecule has 0 aromatic heterocycles. The number of hydrogen-bond donors (Lipinski definition) is 1. The molecule has 1 aliphatic carbocycles. The van der Waals surface area contributed by atoms with Gasteiger partial charge < -0.3 is 5.32 Å². The van der Waals surface area contributed by atoms with E-state index in [0.29, 0.717) is 12.0 Å². The minimum Gasteiger partial charge on any atom is -0.317 e. The summed E-state index contributed by atoms with van der Waals surface area (Å²) < 4.78 is 14.4. The molecule has 1 aromatic carbocycles. The van der Waals surface area contributed by atoms with E-state index in [4.69, 9.17) is 0 Å². The molecule has 3 atom stereocenters. The molecule has 0 spiro atoms. The maximum absolute atomic E-state index is 13.6. The van der Waals surface area contributed by atoms with E-state index in [0.717, 1.165) is 22.4 Å². The Labute approximate surface area is 136 Å². The number of hydrogen-bond acceptors (Lipinski definition) is 1. The first-order valence-electron chi connectivity index (χ1n) is 7.94. The first-order chi connectivity index (χ1) is 9.81. The molecule has 0 saturated heterocycles. The summed E-state index contributed by atoms with van der Waals surface area (Å²) in [4.78, 5) is 0. The van der Waals surface area contributed by atoms with Crippen molar-refractivity contribution in [1.82, 2.24) is 5.32 Å². The first kappa shape index (κ1) is 17.0. The molecule has 0 amide bonds. The molecule has 3 unspecified atom stereocenters. The molecule has 3 heteroatoms. The molecule has 1 aliphatic rings. The summed E-state index contributed by atoms with van der Waals surface area (Å²) in [5, 5.41) is 3.52. The highest BCUT2D eigenvalue weighted by Crippen LogP contribution is 2.42. The fraction of sp³-hybridized carbons (Fsp3) is 0.667. The Morgan fingerprint density at radius 3 is 2.62 bits per heavy atom. The van der Waals surface area contributed by atoms with Gasteiger partial charge in [-0.25, -0.2) is 4.39 Å². The van der Waals surface area contributed by atoms with Crippen LogP contribution >= 0.6 is 15.9 Å². The van der Waals surface area contributed by atoms with Crippen LogP contribution in [0.4, 0.5) is 4.39 Å². The Kier molecular flexibility index (Phi) is 5.48. The van der Waals surface area contributed by atoms with Crippen molar-refractivity contribution in [1.29, 1.82) is 0 Å². The second-order valence-corrected chi connectivity index (χ2v) is 8.28. The normalized spacial score (nSPS) is 26.9. The van der Waals surface area contributed by atoms with E-state index in [9.17, 15) is 4.39 Å². The van der Waals surface area contributed by atoms with E-state index < -0.39 is 0 Å². The van der Waals surface area contributed by atoms with Crippen LogP contribution in [0.25, 0.3) is 0 Å². The van der Waals surface area contributed by atoms with Crippen molar-refractivity contribution in [3.05, 3.63) is 34.1 Å². The van der Waals surface area contributed by atoms with Gasteiger partial charge in [-0.05, 0) is 67.3 Å². The van der Waals surface area contributed by atoms with E-state index in [1.165, 1.54) is 25.3 Å². The molecule has 0 radical (unpaired) electrons. The Morgan fingerprint density at radius 1 is 1.29 bits per heavy atom. The molecule has 1 fully saturated rings. The standard InChI is InChI=1S/C18H27BrFN/c1-12-5-6-16(17(7-12)21-4)18(2,3)11-13-8-14(19)10-15(20)9-13/h8-10,12,16-17,21H,5-7,11H2,1-4H3. The van der Waals surface area contributed by atoms with Crippen molar-refractivity contribution >= 4 is 15.9 Å². The van der Waals surface area contributed by atoms with E-state index in [1.54, 1.807) is 6.07 Å². The van der Waals surface area contributed by atoms with Crippen molar-refractivity contribution < 1.29 is 4.39 Å². The lowest BCUT2D eigenvalue weighted by atomic mass is 9.64. The van der Waals surface area contributed by atoms with Gasteiger partial charge in [-0.3, -0.25) is 0 Å². The number of halogens is 2. The van der Waals surface area contributed by atoms with Crippen molar-refractivity contribution in [3.8, 4) is 0 Å². The highest BCUT2D eigenvalue weighted by atomic mass is 79.9. The lowest BCUT2D eigenvalue weighted by Crippen LogP contribution is -2.46. The van der Waals surface area contributed by atoms with Crippen LogP contribution < -0.4 is 5.32 Å². The summed E-state index contributed by atoms with van der Waals surface area (Å²) in [6, 6.07) is 5.81. The van der Waals surface area contributed by atoms with Crippen molar-refractivity contribution in [2.45, 2.75) is 52.5 Å². The summed E-state index contributed by atoms with van der Waals surface area (Å²) in [5.74, 6) is 1.29. The predicted molar refractivity (Wildman–Crippen MR) is 90.9 cm³/mol. The Balaban J connectivity index is 2.16. The van der Waals surface area contributed by atoms with Gasteiger partial charge in [-0.1, -0.05) is 43.1 Å². The third-order valence-corrected chi connectivity index (χ3v) is 5.53. The molecule has 1 nitrogen and oxygen atoms in total. The van der Waals surface area contributed by atoms with Crippen molar-refractivity contribution in [2.24, 2.45) is 17.3 Å². The van der Waals surface area contributed by atoms with Gasteiger partial charge in [0.05, 0.1) is 0 Å². The first-order valence-corrected chi connectivity index (χ1v) is 8.73. The fourth-order valence-corrected chi connectivity index (χ4v) is 4.52. The lowest BCUT2D eigenvalue weighted by molar-refractivity contribution is 0.0980. The average molecular weight is 356 g/mol. The molecule has 2 rings (SSSR count). The Bertz CT molecular complexity index is 466. The van der Waals surface area contributed by atoms with Gasteiger partial charge in [0.2, 0.25) is 0 Å². The number of rotatable bonds is 4. The summed E-state index contributed by atoms with van der Waals surface area (Å²) in [5.41, 5.74) is 1.25. The molecule has 0 aliphatic heterocycles. The minimum atomic E-state index is -0.155. The van der Waals surface area contributed by atoms with Gasteiger partial charge >= 0.3 is 0 Å². The van der Waals surface area contributed by atoms with Crippen LogP contribution in [-0.2, 0) is 6.42 Å². The van der Waals surface area contributed by atoms with E-state index >= 15 is 0 Å². The molecular weight excluding hydrogens is 329 g/mol.